The molecule has 0 spiro atoms. The number of ether oxygens (including phenoxy) is 1. The fourth-order valence-corrected chi connectivity index (χ4v) is 2.57. The lowest BCUT2D eigenvalue weighted by Gasteiger charge is -2.31. The van der Waals surface area contributed by atoms with Crippen LogP contribution >= 0.6 is 0 Å². The molecule has 114 valence electrons. The van der Waals surface area contributed by atoms with Crippen LogP contribution in [0.1, 0.15) is 47.0 Å². The summed E-state index contributed by atoms with van der Waals surface area (Å²) in [5.41, 5.74) is 2.21. The van der Waals surface area contributed by atoms with E-state index in [1.165, 1.54) is 5.57 Å². The molecule has 0 aliphatic carbocycles. The molecule has 1 saturated heterocycles. The quantitative estimate of drug-likeness (QED) is 0.569. The highest BCUT2D eigenvalue weighted by Crippen LogP contribution is 2.17. The SMILES string of the molecule is CC/C(=C\C=C(/C)C(=O)N1CCC(OC)CC1)C(C)C. The van der Waals surface area contributed by atoms with E-state index < -0.39 is 0 Å². The molecule has 1 aliphatic heterocycles. The second-order valence-electron chi connectivity index (χ2n) is 5.83. The summed E-state index contributed by atoms with van der Waals surface area (Å²) in [4.78, 5) is 14.3. The first-order valence-electron chi connectivity index (χ1n) is 7.69. The molecule has 1 heterocycles. The molecule has 0 N–H and O–H groups in total. The van der Waals surface area contributed by atoms with Gasteiger partial charge in [0.1, 0.15) is 0 Å². The maximum Gasteiger partial charge on any atom is 0.249 e. The van der Waals surface area contributed by atoms with Crippen LogP contribution in [0.15, 0.2) is 23.3 Å². The van der Waals surface area contributed by atoms with Crippen molar-refractivity contribution in [2.24, 2.45) is 5.92 Å². The number of amides is 1. The van der Waals surface area contributed by atoms with Crippen molar-refractivity contribution >= 4 is 5.91 Å². The Hall–Kier alpha value is -1.09. The Bertz CT molecular complexity index is 374. The number of allylic oxidation sites excluding steroid dienone is 3. The molecule has 0 aromatic rings. The van der Waals surface area contributed by atoms with Gasteiger partial charge in [0.05, 0.1) is 6.10 Å². The molecular formula is C17H29NO2. The van der Waals surface area contributed by atoms with Crippen LogP contribution in [0, 0.1) is 5.92 Å². The number of hydrogen-bond donors (Lipinski definition) is 0. The van der Waals surface area contributed by atoms with E-state index >= 15 is 0 Å². The molecule has 20 heavy (non-hydrogen) atoms. The molecule has 0 aromatic heterocycles. The standard InChI is InChI=1S/C17H29NO2/c1-6-15(13(2)3)8-7-14(4)17(19)18-11-9-16(20-5)10-12-18/h7-8,13,16H,6,9-12H2,1-5H3/b14-7+,15-8+. The lowest BCUT2D eigenvalue weighted by molar-refractivity contribution is -0.129. The summed E-state index contributed by atoms with van der Waals surface area (Å²) in [5, 5.41) is 0. The van der Waals surface area contributed by atoms with E-state index in [2.05, 4.69) is 26.8 Å². The molecule has 1 aliphatic rings. The Morgan fingerprint density at radius 3 is 2.35 bits per heavy atom. The zero-order valence-corrected chi connectivity index (χ0v) is 13.6. The van der Waals surface area contributed by atoms with Crippen molar-refractivity contribution in [1.82, 2.24) is 4.90 Å². The Morgan fingerprint density at radius 2 is 1.90 bits per heavy atom. The highest BCUT2D eigenvalue weighted by atomic mass is 16.5. The largest absolute Gasteiger partial charge is 0.381 e. The van der Waals surface area contributed by atoms with Gasteiger partial charge in [-0.1, -0.05) is 38.5 Å². The minimum atomic E-state index is 0.162. The van der Waals surface area contributed by atoms with Crippen LogP contribution < -0.4 is 0 Å². The first-order valence-corrected chi connectivity index (χ1v) is 7.69. The third kappa shape index (κ3) is 4.78. The minimum absolute atomic E-state index is 0.162. The van der Waals surface area contributed by atoms with Gasteiger partial charge in [0, 0.05) is 25.8 Å². The number of methoxy groups -OCH3 is 1. The van der Waals surface area contributed by atoms with E-state index in [9.17, 15) is 4.79 Å². The van der Waals surface area contributed by atoms with Gasteiger partial charge in [-0.05, 0) is 32.1 Å². The molecule has 1 fully saturated rings. The lowest BCUT2D eigenvalue weighted by Crippen LogP contribution is -2.40. The van der Waals surface area contributed by atoms with Crippen molar-refractivity contribution in [2.75, 3.05) is 20.2 Å². The average molecular weight is 279 g/mol. The maximum absolute atomic E-state index is 12.4. The van der Waals surface area contributed by atoms with E-state index in [1.807, 2.05) is 17.9 Å². The van der Waals surface area contributed by atoms with Gasteiger partial charge in [-0.25, -0.2) is 0 Å². The number of carbonyl (C=O) groups excluding carboxylic acids is 1. The van der Waals surface area contributed by atoms with Crippen LogP contribution in [0.25, 0.3) is 0 Å². The second kappa shape index (κ2) is 8.25. The Morgan fingerprint density at radius 1 is 1.30 bits per heavy atom. The topological polar surface area (TPSA) is 29.5 Å². The summed E-state index contributed by atoms with van der Waals surface area (Å²) >= 11 is 0. The molecule has 0 aromatic carbocycles. The minimum Gasteiger partial charge on any atom is -0.381 e. The Kier molecular flexibility index (Phi) is 7.00. The van der Waals surface area contributed by atoms with Crippen molar-refractivity contribution in [2.45, 2.75) is 53.1 Å². The third-order valence-electron chi connectivity index (χ3n) is 4.10. The zero-order valence-electron chi connectivity index (χ0n) is 13.6. The zero-order chi connectivity index (χ0) is 15.1. The van der Waals surface area contributed by atoms with Crippen LogP contribution in [0.3, 0.4) is 0 Å². The number of nitrogens with zero attached hydrogens (tertiary/aromatic N) is 1. The molecule has 1 amide bonds. The summed E-state index contributed by atoms with van der Waals surface area (Å²) in [6.07, 6.45) is 7.32. The van der Waals surface area contributed by atoms with Crippen molar-refractivity contribution in [3.63, 3.8) is 0 Å². The predicted octanol–water partition coefficient (Wildman–Crippen LogP) is 3.56. The van der Waals surface area contributed by atoms with Gasteiger partial charge in [0.2, 0.25) is 5.91 Å². The van der Waals surface area contributed by atoms with E-state index in [4.69, 9.17) is 4.74 Å². The Labute approximate surface area is 123 Å². The predicted molar refractivity (Wildman–Crippen MR) is 83.6 cm³/mol. The second-order valence-corrected chi connectivity index (χ2v) is 5.83. The van der Waals surface area contributed by atoms with E-state index in [-0.39, 0.29) is 5.91 Å². The number of rotatable bonds is 5. The number of likely N-dealkylation sites (tertiary alicyclic amines) is 1. The number of carbonyl (C=O) groups is 1. The first kappa shape index (κ1) is 17.0. The summed E-state index contributed by atoms with van der Waals surface area (Å²) in [6.45, 7) is 10.1. The summed E-state index contributed by atoms with van der Waals surface area (Å²) < 4.78 is 5.34. The smallest absolute Gasteiger partial charge is 0.249 e. The monoisotopic (exact) mass is 279 g/mol. The van der Waals surface area contributed by atoms with Crippen LogP contribution in [0.5, 0.6) is 0 Å². The molecule has 0 unspecified atom stereocenters. The molecule has 0 saturated carbocycles. The highest BCUT2D eigenvalue weighted by molar-refractivity contribution is 5.93. The van der Waals surface area contributed by atoms with E-state index in [0.29, 0.717) is 12.0 Å². The average Bonchev–Trinajstić information content (AvgIpc) is 2.46. The Balaban J connectivity index is 2.63. The molecule has 0 atom stereocenters. The number of piperidine rings is 1. The third-order valence-corrected chi connectivity index (χ3v) is 4.10. The summed E-state index contributed by atoms with van der Waals surface area (Å²) in [6, 6.07) is 0. The van der Waals surface area contributed by atoms with Gasteiger partial charge < -0.3 is 9.64 Å². The molecule has 3 heteroatoms. The molecule has 0 bridgehead atoms. The molecular weight excluding hydrogens is 250 g/mol. The van der Waals surface area contributed by atoms with Gasteiger partial charge in [0.15, 0.2) is 0 Å². The summed E-state index contributed by atoms with van der Waals surface area (Å²) in [5.74, 6) is 0.701. The van der Waals surface area contributed by atoms with E-state index in [0.717, 1.165) is 37.9 Å². The van der Waals surface area contributed by atoms with Gasteiger partial charge >= 0.3 is 0 Å². The van der Waals surface area contributed by atoms with Gasteiger partial charge in [-0.15, -0.1) is 0 Å². The highest BCUT2D eigenvalue weighted by Gasteiger charge is 2.22. The van der Waals surface area contributed by atoms with Gasteiger partial charge in [-0.3, -0.25) is 4.79 Å². The van der Waals surface area contributed by atoms with Crippen LogP contribution in [-0.4, -0.2) is 37.1 Å². The summed E-state index contributed by atoms with van der Waals surface area (Å²) in [7, 11) is 1.75. The molecule has 1 rings (SSSR count). The van der Waals surface area contributed by atoms with Crippen molar-refractivity contribution in [3.05, 3.63) is 23.3 Å². The van der Waals surface area contributed by atoms with Crippen molar-refractivity contribution in [3.8, 4) is 0 Å². The van der Waals surface area contributed by atoms with Gasteiger partial charge in [-0.2, -0.15) is 0 Å². The molecule has 3 nitrogen and oxygen atoms in total. The first-order chi connectivity index (χ1) is 9.49. The van der Waals surface area contributed by atoms with Crippen LogP contribution in [-0.2, 0) is 9.53 Å². The van der Waals surface area contributed by atoms with Crippen molar-refractivity contribution < 1.29 is 9.53 Å². The fraction of sp³-hybridized carbons (Fsp3) is 0.706. The lowest BCUT2D eigenvalue weighted by atomic mass is 10.00. The fourth-order valence-electron chi connectivity index (χ4n) is 2.57. The van der Waals surface area contributed by atoms with E-state index in [1.54, 1.807) is 7.11 Å². The maximum atomic E-state index is 12.4. The van der Waals surface area contributed by atoms with Crippen molar-refractivity contribution in [1.29, 1.82) is 0 Å². The normalized spacial score (nSPS) is 18.8. The van der Waals surface area contributed by atoms with Crippen LogP contribution in [0.4, 0.5) is 0 Å². The number of hydrogen-bond acceptors (Lipinski definition) is 2. The molecule has 0 radical (unpaired) electrons. The van der Waals surface area contributed by atoms with Gasteiger partial charge in [0.25, 0.3) is 0 Å². The van der Waals surface area contributed by atoms with Crippen LogP contribution in [0.2, 0.25) is 0 Å².